The van der Waals surface area contributed by atoms with E-state index in [1.165, 1.54) is 6.07 Å². The summed E-state index contributed by atoms with van der Waals surface area (Å²) in [4.78, 5) is 26.7. The van der Waals surface area contributed by atoms with Gasteiger partial charge in [-0.1, -0.05) is 11.3 Å². The molecule has 29 heavy (non-hydrogen) atoms. The summed E-state index contributed by atoms with van der Waals surface area (Å²) in [6, 6.07) is 3.23. The maximum atomic E-state index is 14.2. The van der Waals surface area contributed by atoms with Crippen molar-refractivity contribution in [3.8, 4) is 16.9 Å². The predicted octanol–water partition coefficient (Wildman–Crippen LogP) is -0.297. The summed E-state index contributed by atoms with van der Waals surface area (Å²) in [5.41, 5.74) is -2.40. The average Bonchev–Trinajstić information content (AvgIpc) is 3.28. The lowest BCUT2D eigenvalue weighted by atomic mass is 10.2. The van der Waals surface area contributed by atoms with E-state index >= 15 is 0 Å². The van der Waals surface area contributed by atoms with Gasteiger partial charge in [-0.05, 0) is 12.1 Å². The minimum Gasteiger partial charge on any atom is -0.394 e. The Morgan fingerprint density at radius 1 is 1.28 bits per heavy atom. The Morgan fingerprint density at radius 2 is 2.00 bits per heavy atom. The van der Waals surface area contributed by atoms with Crippen molar-refractivity contribution in [1.82, 2.24) is 24.5 Å². The molecule has 1 aliphatic heterocycles. The van der Waals surface area contributed by atoms with E-state index in [1.54, 1.807) is 0 Å². The number of aromatic amines is 1. The van der Waals surface area contributed by atoms with Gasteiger partial charge < -0.3 is 14.9 Å². The van der Waals surface area contributed by atoms with Gasteiger partial charge in [0.25, 0.3) is 5.56 Å². The molecule has 0 radical (unpaired) electrons. The third-order valence-electron chi connectivity index (χ3n) is 4.64. The first kappa shape index (κ1) is 19.1. The number of benzene rings is 1. The third kappa shape index (κ3) is 3.26. The molecule has 1 saturated heterocycles. The molecule has 10 nitrogen and oxygen atoms in total. The van der Waals surface area contributed by atoms with Gasteiger partial charge in [-0.2, -0.15) is 0 Å². The smallest absolute Gasteiger partial charge is 0.330 e. The van der Waals surface area contributed by atoms with Crippen LogP contribution in [0.3, 0.4) is 0 Å². The van der Waals surface area contributed by atoms with Gasteiger partial charge in [0.2, 0.25) is 0 Å². The quantitative estimate of drug-likeness (QED) is 0.541. The lowest BCUT2D eigenvalue weighted by Crippen LogP contribution is -2.33. The normalized spacial score (nSPS) is 21.6. The number of halogens is 2. The summed E-state index contributed by atoms with van der Waals surface area (Å²) in [5.74, 6) is -1.84. The van der Waals surface area contributed by atoms with E-state index in [0.717, 1.165) is 33.8 Å². The lowest BCUT2D eigenvalue weighted by Gasteiger charge is -2.15. The van der Waals surface area contributed by atoms with E-state index in [4.69, 9.17) is 4.74 Å². The van der Waals surface area contributed by atoms with Gasteiger partial charge in [0.15, 0.2) is 11.6 Å². The largest absolute Gasteiger partial charge is 0.394 e. The van der Waals surface area contributed by atoms with Gasteiger partial charge in [-0.15, -0.1) is 5.10 Å². The highest BCUT2D eigenvalue weighted by Gasteiger charge is 2.35. The van der Waals surface area contributed by atoms with Crippen LogP contribution in [0.4, 0.5) is 8.78 Å². The van der Waals surface area contributed by atoms with Crippen molar-refractivity contribution >= 4 is 0 Å². The SMILES string of the molecule is O=c1[nH]c(=O)n([C@H]2C[C@H](O)[C@@H](CO)O2)cc1-c1cnnn1-c1c(F)cccc1F. The van der Waals surface area contributed by atoms with Crippen LogP contribution in [0.2, 0.25) is 0 Å². The van der Waals surface area contributed by atoms with E-state index < -0.39 is 53.6 Å². The fourth-order valence-corrected chi connectivity index (χ4v) is 3.21. The Morgan fingerprint density at radius 3 is 2.66 bits per heavy atom. The van der Waals surface area contributed by atoms with Crippen LogP contribution in [0.1, 0.15) is 12.6 Å². The second-order valence-corrected chi connectivity index (χ2v) is 6.43. The Labute approximate surface area is 160 Å². The second-order valence-electron chi connectivity index (χ2n) is 6.43. The molecule has 0 amide bonds. The molecule has 3 atom stereocenters. The molecule has 0 unspecified atom stereocenters. The molecule has 3 N–H and O–H groups in total. The fourth-order valence-electron chi connectivity index (χ4n) is 3.21. The van der Waals surface area contributed by atoms with E-state index in [2.05, 4.69) is 15.3 Å². The molecule has 1 aliphatic rings. The Kier molecular flexibility index (Phi) is 4.82. The number of hydrogen-bond donors (Lipinski definition) is 3. The average molecular weight is 407 g/mol. The standard InChI is InChI=1S/C17H15F2N5O5/c18-9-2-1-3-10(19)15(9)24-11(5-20-22-24)8-6-23(17(28)21-16(8)27)14-4-12(26)13(7-25)29-14/h1-3,5-6,12-14,25-26H,4,7H2,(H,21,27,28)/t12-,13+,14+/m0/s1. The van der Waals surface area contributed by atoms with Crippen molar-refractivity contribution in [2.45, 2.75) is 24.9 Å². The van der Waals surface area contributed by atoms with Crippen LogP contribution in [0.5, 0.6) is 0 Å². The van der Waals surface area contributed by atoms with Crippen LogP contribution >= 0.6 is 0 Å². The van der Waals surface area contributed by atoms with Gasteiger partial charge in [-0.3, -0.25) is 14.3 Å². The number of aliphatic hydroxyl groups is 2. The maximum Gasteiger partial charge on any atom is 0.330 e. The highest BCUT2D eigenvalue weighted by Crippen LogP contribution is 2.28. The Bertz CT molecular complexity index is 1150. The highest BCUT2D eigenvalue weighted by atomic mass is 19.1. The van der Waals surface area contributed by atoms with Crippen LogP contribution in [-0.2, 0) is 4.74 Å². The van der Waals surface area contributed by atoms with E-state index in [0.29, 0.717) is 0 Å². The lowest BCUT2D eigenvalue weighted by molar-refractivity contribution is -0.0458. The molecule has 152 valence electrons. The van der Waals surface area contributed by atoms with Gasteiger partial charge >= 0.3 is 5.69 Å². The molecular formula is C17H15F2N5O5. The van der Waals surface area contributed by atoms with Gasteiger partial charge in [0.1, 0.15) is 23.7 Å². The van der Waals surface area contributed by atoms with Crippen LogP contribution in [0, 0.1) is 11.6 Å². The van der Waals surface area contributed by atoms with Crippen LogP contribution in [0.15, 0.2) is 40.2 Å². The first-order chi connectivity index (χ1) is 13.9. The summed E-state index contributed by atoms with van der Waals surface area (Å²) >= 11 is 0. The molecule has 3 heterocycles. The molecular weight excluding hydrogens is 392 g/mol. The fraction of sp³-hybridized carbons (Fsp3) is 0.294. The number of aromatic nitrogens is 5. The first-order valence-corrected chi connectivity index (χ1v) is 8.56. The highest BCUT2D eigenvalue weighted by molar-refractivity contribution is 5.59. The molecule has 12 heteroatoms. The van der Waals surface area contributed by atoms with Gasteiger partial charge in [0, 0.05) is 12.6 Å². The number of nitrogens with one attached hydrogen (secondary N) is 1. The number of rotatable bonds is 4. The van der Waals surface area contributed by atoms with Crippen molar-refractivity contribution < 1.29 is 23.7 Å². The zero-order chi connectivity index (χ0) is 20.7. The summed E-state index contributed by atoms with van der Waals surface area (Å²) in [6.45, 7) is -0.453. The van der Waals surface area contributed by atoms with Gasteiger partial charge in [0.05, 0.1) is 24.5 Å². The number of nitrogens with zero attached hydrogens (tertiary/aromatic N) is 4. The third-order valence-corrected chi connectivity index (χ3v) is 4.64. The molecule has 3 aromatic rings. The number of para-hydroxylation sites is 1. The van der Waals surface area contributed by atoms with E-state index in [1.807, 2.05) is 0 Å². The number of H-pyrrole nitrogens is 1. The van der Waals surface area contributed by atoms with Crippen molar-refractivity contribution in [2.75, 3.05) is 6.61 Å². The zero-order valence-electron chi connectivity index (χ0n) is 14.7. The predicted molar refractivity (Wildman–Crippen MR) is 93.2 cm³/mol. The van der Waals surface area contributed by atoms with Crippen LogP contribution in [0.25, 0.3) is 16.9 Å². The zero-order valence-corrected chi connectivity index (χ0v) is 14.7. The minimum absolute atomic E-state index is 0.00390. The topological polar surface area (TPSA) is 135 Å². The van der Waals surface area contributed by atoms with Crippen molar-refractivity contribution in [1.29, 1.82) is 0 Å². The number of ether oxygens (including phenoxy) is 1. The molecule has 4 rings (SSSR count). The molecule has 2 aromatic heterocycles. The summed E-state index contributed by atoms with van der Waals surface area (Å²) in [7, 11) is 0. The molecule has 0 saturated carbocycles. The monoisotopic (exact) mass is 407 g/mol. The maximum absolute atomic E-state index is 14.2. The molecule has 0 aliphatic carbocycles. The van der Waals surface area contributed by atoms with Crippen molar-refractivity contribution in [3.05, 3.63) is 63.1 Å². The van der Waals surface area contributed by atoms with Crippen molar-refractivity contribution in [3.63, 3.8) is 0 Å². The molecule has 1 fully saturated rings. The first-order valence-electron chi connectivity index (χ1n) is 8.56. The van der Waals surface area contributed by atoms with E-state index in [-0.39, 0.29) is 17.7 Å². The Balaban J connectivity index is 1.84. The summed E-state index contributed by atoms with van der Waals surface area (Å²) in [5, 5.41) is 26.4. The van der Waals surface area contributed by atoms with E-state index in [9.17, 15) is 28.6 Å². The molecule has 0 bridgehead atoms. The van der Waals surface area contributed by atoms with Gasteiger partial charge in [-0.25, -0.2) is 18.3 Å². The Hall–Kier alpha value is -3.22. The van der Waals surface area contributed by atoms with Crippen LogP contribution in [-0.4, -0.2) is 53.6 Å². The summed E-state index contributed by atoms with van der Waals surface area (Å²) < 4.78 is 35.6. The number of aliphatic hydroxyl groups excluding tert-OH is 2. The summed E-state index contributed by atoms with van der Waals surface area (Å²) in [6.07, 6.45) is -0.609. The molecule has 0 spiro atoms. The second kappa shape index (κ2) is 7.31. The number of hydrogen-bond acceptors (Lipinski definition) is 7. The van der Waals surface area contributed by atoms with Crippen molar-refractivity contribution in [2.24, 2.45) is 0 Å². The minimum atomic E-state index is -1.01. The molecule has 1 aromatic carbocycles. The van der Waals surface area contributed by atoms with Crippen LogP contribution < -0.4 is 11.2 Å².